The van der Waals surface area contributed by atoms with Crippen molar-refractivity contribution in [3.63, 3.8) is 0 Å². The number of ether oxygens (including phenoxy) is 2. The molecule has 48 heavy (non-hydrogen) atoms. The molecule has 2 aliphatic heterocycles. The van der Waals surface area contributed by atoms with E-state index in [9.17, 15) is 19.2 Å². The molecule has 260 valence electrons. The summed E-state index contributed by atoms with van der Waals surface area (Å²) in [5, 5.41) is 8.80. The Labute approximate surface area is 284 Å². The molecular formula is C37H51N5O6. The Balaban J connectivity index is 1.73. The number of carbonyl (C=O) groups excluding carboxylic acids is 4. The van der Waals surface area contributed by atoms with Crippen LogP contribution in [-0.2, 0) is 25.6 Å². The van der Waals surface area contributed by atoms with Gasteiger partial charge >= 0.3 is 0 Å². The van der Waals surface area contributed by atoms with Gasteiger partial charge in [-0.05, 0) is 55.8 Å². The summed E-state index contributed by atoms with van der Waals surface area (Å²) in [5.41, 5.74) is 1.55. The summed E-state index contributed by atoms with van der Waals surface area (Å²) in [5.74, 6) is -0.555. The Morgan fingerprint density at radius 3 is 2.44 bits per heavy atom. The number of likely N-dealkylation sites (tertiary alicyclic amines) is 1. The Kier molecular flexibility index (Phi) is 12.6. The summed E-state index contributed by atoms with van der Waals surface area (Å²) in [6.07, 6.45) is 4.58. The first-order chi connectivity index (χ1) is 23.0. The first-order valence-electron chi connectivity index (χ1n) is 16.9. The summed E-state index contributed by atoms with van der Waals surface area (Å²) in [6, 6.07) is 11.5. The second-order valence-electron chi connectivity index (χ2n) is 13.1. The van der Waals surface area contributed by atoms with Gasteiger partial charge in [-0.2, -0.15) is 0 Å². The molecule has 11 heteroatoms. The highest BCUT2D eigenvalue weighted by atomic mass is 16.5. The lowest BCUT2D eigenvalue weighted by atomic mass is 9.96. The third-order valence-electron chi connectivity index (χ3n) is 9.57. The molecule has 2 heterocycles. The topological polar surface area (TPSA) is 129 Å². The Morgan fingerprint density at radius 1 is 1.06 bits per heavy atom. The van der Waals surface area contributed by atoms with Crippen LogP contribution in [0.4, 0.5) is 0 Å². The van der Waals surface area contributed by atoms with Crippen LogP contribution >= 0.6 is 0 Å². The number of fused-ring (bicyclic) bond motifs is 3. The highest BCUT2D eigenvalue weighted by molar-refractivity contribution is 5.96. The average molecular weight is 662 g/mol. The molecular weight excluding hydrogens is 610 g/mol. The highest BCUT2D eigenvalue weighted by Gasteiger charge is 2.47. The SMILES string of the molecule is CC[C@H](C)[C@@H](C(=O)N[C@@H](Cc1ccccc1)C(=O)N1CC[C@@H]2Oc3ccc(OC)c(c3)/C=C/NC(=O)[C@@H]([C@@H](C)CC)NC(=O)[C@H]21)N(C)C. The Morgan fingerprint density at radius 2 is 1.79 bits per heavy atom. The molecule has 2 aliphatic rings. The minimum atomic E-state index is -1.05. The van der Waals surface area contributed by atoms with Crippen LogP contribution in [0.3, 0.4) is 0 Å². The van der Waals surface area contributed by atoms with E-state index in [1.807, 2.05) is 77.0 Å². The quantitative estimate of drug-likeness (QED) is 0.337. The van der Waals surface area contributed by atoms with Crippen LogP contribution in [0.1, 0.15) is 58.1 Å². The monoisotopic (exact) mass is 661 g/mol. The van der Waals surface area contributed by atoms with Gasteiger partial charge in [0.2, 0.25) is 23.6 Å². The number of likely N-dealkylation sites (N-methyl/N-ethyl adjacent to an activating group) is 1. The maximum Gasteiger partial charge on any atom is 0.247 e. The van der Waals surface area contributed by atoms with E-state index in [1.54, 1.807) is 31.4 Å². The molecule has 3 N–H and O–H groups in total. The molecule has 1 saturated heterocycles. The number of methoxy groups -OCH3 is 1. The largest absolute Gasteiger partial charge is 0.496 e. The van der Waals surface area contributed by atoms with Crippen LogP contribution < -0.4 is 25.4 Å². The van der Waals surface area contributed by atoms with Crippen LogP contribution in [0.5, 0.6) is 11.5 Å². The number of nitrogens with zero attached hydrogens (tertiary/aromatic N) is 2. The van der Waals surface area contributed by atoms with Crippen molar-refractivity contribution in [3.05, 3.63) is 65.9 Å². The average Bonchev–Trinajstić information content (AvgIpc) is 3.49. The van der Waals surface area contributed by atoms with Crippen LogP contribution in [0.15, 0.2) is 54.7 Å². The minimum Gasteiger partial charge on any atom is -0.496 e. The van der Waals surface area contributed by atoms with Gasteiger partial charge in [-0.15, -0.1) is 0 Å². The van der Waals surface area contributed by atoms with Gasteiger partial charge in [-0.25, -0.2) is 0 Å². The summed E-state index contributed by atoms with van der Waals surface area (Å²) in [7, 11) is 5.27. The Bertz CT molecular complexity index is 1460. The highest BCUT2D eigenvalue weighted by Crippen LogP contribution is 2.30. The van der Waals surface area contributed by atoms with E-state index < -0.39 is 36.2 Å². The second-order valence-corrected chi connectivity index (χ2v) is 13.1. The smallest absolute Gasteiger partial charge is 0.247 e. The molecule has 0 aromatic heterocycles. The van der Waals surface area contributed by atoms with Crippen LogP contribution in [0.25, 0.3) is 6.08 Å². The Hall–Kier alpha value is -4.38. The second kappa shape index (κ2) is 16.6. The molecule has 0 spiro atoms. The standard InChI is InChI=1S/C37H51N5O6/c1-8-23(3)31-34(43)38-19-17-26-22-27(15-16-29(26)47-7)48-30-18-20-42(33(30)36(45)40-31)37(46)28(21-25-13-11-10-12-14-25)39-35(44)32(41(5)6)24(4)9-2/h10-17,19,22-24,28,30-33H,8-9,18,20-21H2,1-7H3,(H,38,43)(H,39,44)(H,40,45)/b19-17+/t23-,24-,28-,30-,31+,32-,33-/m0/s1. The van der Waals surface area contributed by atoms with Crippen molar-refractivity contribution in [1.82, 2.24) is 25.8 Å². The van der Waals surface area contributed by atoms with Gasteiger partial charge in [0.1, 0.15) is 35.7 Å². The first kappa shape index (κ1) is 36.5. The number of amides is 4. The lowest BCUT2D eigenvalue weighted by Crippen LogP contribution is -2.61. The van der Waals surface area contributed by atoms with Gasteiger partial charge in [0.15, 0.2) is 0 Å². The summed E-state index contributed by atoms with van der Waals surface area (Å²) in [6.45, 7) is 8.13. The third kappa shape index (κ3) is 8.55. The van der Waals surface area contributed by atoms with E-state index in [0.717, 1.165) is 12.0 Å². The van der Waals surface area contributed by atoms with Gasteiger partial charge < -0.3 is 30.3 Å². The zero-order chi connectivity index (χ0) is 35.0. The number of hydrogen-bond acceptors (Lipinski definition) is 7. The molecule has 0 aliphatic carbocycles. The fourth-order valence-electron chi connectivity index (χ4n) is 6.51. The lowest BCUT2D eigenvalue weighted by molar-refractivity contribution is -0.144. The molecule has 11 nitrogen and oxygen atoms in total. The fourth-order valence-corrected chi connectivity index (χ4v) is 6.51. The molecule has 4 rings (SSSR count). The van der Waals surface area contributed by atoms with Crippen LogP contribution in [0.2, 0.25) is 0 Å². The molecule has 0 radical (unpaired) electrons. The van der Waals surface area contributed by atoms with Crippen molar-refractivity contribution in [2.75, 3.05) is 27.7 Å². The summed E-state index contributed by atoms with van der Waals surface area (Å²) >= 11 is 0. The van der Waals surface area contributed by atoms with Crippen molar-refractivity contribution >= 4 is 29.7 Å². The number of nitrogens with one attached hydrogen (secondary N) is 3. The molecule has 7 atom stereocenters. The molecule has 1 fully saturated rings. The maximum atomic E-state index is 14.6. The van der Waals surface area contributed by atoms with E-state index in [0.29, 0.717) is 29.9 Å². The van der Waals surface area contributed by atoms with Crippen LogP contribution in [0, 0.1) is 11.8 Å². The van der Waals surface area contributed by atoms with Gasteiger partial charge in [-0.1, -0.05) is 70.9 Å². The number of carbonyl (C=O) groups is 4. The predicted molar refractivity (Wildman–Crippen MR) is 185 cm³/mol. The number of rotatable bonds is 11. The molecule has 0 saturated carbocycles. The number of hydrogen-bond donors (Lipinski definition) is 3. The predicted octanol–water partition coefficient (Wildman–Crippen LogP) is 3.38. The summed E-state index contributed by atoms with van der Waals surface area (Å²) < 4.78 is 12.0. The normalized spacial score (nSPS) is 22.7. The maximum absolute atomic E-state index is 14.6. The van der Waals surface area contributed by atoms with Crippen molar-refractivity contribution in [2.24, 2.45) is 11.8 Å². The first-order valence-corrected chi connectivity index (χ1v) is 16.9. The van der Waals surface area contributed by atoms with Crippen molar-refractivity contribution in [3.8, 4) is 11.5 Å². The van der Waals surface area contributed by atoms with Crippen molar-refractivity contribution in [1.29, 1.82) is 0 Å². The third-order valence-corrected chi connectivity index (χ3v) is 9.57. The molecule has 4 amide bonds. The van der Waals surface area contributed by atoms with Gasteiger partial charge in [0, 0.05) is 31.1 Å². The van der Waals surface area contributed by atoms with Gasteiger partial charge in [0.05, 0.1) is 13.2 Å². The van der Waals surface area contributed by atoms with Crippen molar-refractivity contribution < 1.29 is 28.7 Å². The van der Waals surface area contributed by atoms with Gasteiger partial charge in [-0.3, -0.25) is 24.1 Å². The van der Waals surface area contributed by atoms with E-state index >= 15 is 0 Å². The zero-order valence-corrected chi connectivity index (χ0v) is 29.2. The molecule has 2 bridgehead atoms. The van der Waals surface area contributed by atoms with E-state index in [4.69, 9.17) is 9.47 Å². The van der Waals surface area contributed by atoms with E-state index in [1.165, 1.54) is 11.1 Å². The lowest BCUT2D eigenvalue weighted by Gasteiger charge is -2.34. The fraction of sp³-hybridized carbons (Fsp3) is 0.514. The van der Waals surface area contributed by atoms with Gasteiger partial charge in [0.25, 0.3) is 0 Å². The minimum absolute atomic E-state index is 0.0470. The van der Waals surface area contributed by atoms with Crippen molar-refractivity contribution in [2.45, 2.75) is 83.6 Å². The summed E-state index contributed by atoms with van der Waals surface area (Å²) in [4.78, 5) is 59.4. The van der Waals surface area contributed by atoms with E-state index in [2.05, 4.69) is 16.0 Å². The molecule has 2 aromatic rings. The van der Waals surface area contributed by atoms with Crippen LogP contribution in [-0.4, -0.2) is 91.4 Å². The zero-order valence-electron chi connectivity index (χ0n) is 29.2. The molecule has 2 aromatic carbocycles. The van der Waals surface area contributed by atoms with E-state index in [-0.39, 0.29) is 42.5 Å². The number of benzene rings is 2. The molecule has 0 unspecified atom stereocenters.